The van der Waals surface area contributed by atoms with Crippen LogP contribution in [0.4, 0.5) is 0 Å². The lowest BCUT2D eigenvalue weighted by molar-refractivity contribution is 0.0729. The van der Waals surface area contributed by atoms with Gasteiger partial charge in [0.1, 0.15) is 16.4 Å². The number of unbranched alkanes of at least 4 members (excludes halogenated alkanes) is 2. The highest BCUT2D eigenvalue weighted by Crippen LogP contribution is 2.39. The molecule has 1 heterocycles. The third-order valence-corrected chi connectivity index (χ3v) is 7.79. The summed E-state index contributed by atoms with van der Waals surface area (Å²) in [5, 5.41) is 21.8. The Hall–Kier alpha value is -1.83. The molecule has 7 heteroatoms. The highest BCUT2D eigenvalue weighted by molar-refractivity contribution is 7.89. The lowest BCUT2D eigenvalue weighted by atomic mass is 10.00. The maximum absolute atomic E-state index is 13.5. The molecule has 1 aliphatic heterocycles. The van der Waals surface area contributed by atoms with Gasteiger partial charge in [-0.25, -0.2) is 8.42 Å². The van der Waals surface area contributed by atoms with Gasteiger partial charge in [0.05, 0.1) is 13.2 Å². The van der Waals surface area contributed by atoms with Crippen LogP contribution in [0.3, 0.4) is 0 Å². The van der Waals surface area contributed by atoms with Gasteiger partial charge in [-0.2, -0.15) is 4.31 Å². The van der Waals surface area contributed by atoms with Crippen LogP contribution < -0.4 is 0 Å². The molecule has 1 aromatic carbocycles. The van der Waals surface area contributed by atoms with Gasteiger partial charge in [0.15, 0.2) is 0 Å². The highest BCUT2D eigenvalue weighted by atomic mass is 32.2. The molecule has 32 heavy (non-hydrogen) atoms. The molecule has 6 nitrogen and oxygen atoms in total. The predicted molar refractivity (Wildman–Crippen MR) is 129 cm³/mol. The highest BCUT2D eigenvalue weighted by Gasteiger charge is 2.33. The summed E-state index contributed by atoms with van der Waals surface area (Å²) in [4.78, 5) is -0.0566. The Labute approximate surface area is 193 Å². The van der Waals surface area contributed by atoms with Crippen molar-refractivity contribution < 1.29 is 23.4 Å². The van der Waals surface area contributed by atoms with Gasteiger partial charge >= 0.3 is 0 Å². The first-order valence-electron chi connectivity index (χ1n) is 11.6. The number of hydrogen-bond donors (Lipinski definition) is 2. The number of phenolic OH excluding ortho intramolecular Hbond substituents is 2. The van der Waals surface area contributed by atoms with Crippen molar-refractivity contribution in [1.82, 2.24) is 4.31 Å². The first kappa shape index (κ1) is 26.4. The Morgan fingerprint density at radius 3 is 2.44 bits per heavy atom. The molecule has 0 aliphatic carbocycles. The van der Waals surface area contributed by atoms with Crippen LogP contribution in [0.1, 0.15) is 70.9 Å². The van der Waals surface area contributed by atoms with E-state index in [-0.39, 0.29) is 41.5 Å². The summed E-state index contributed by atoms with van der Waals surface area (Å²) < 4.78 is 33.6. The zero-order chi connectivity index (χ0) is 23.7. The predicted octanol–water partition coefficient (Wildman–Crippen LogP) is 5.09. The molecular formula is C25H39NO5S. The monoisotopic (exact) mass is 465 g/mol. The smallest absolute Gasteiger partial charge is 0.247 e. The molecule has 0 bridgehead atoms. The first-order chi connectivity index (χ1) is 15.2. The van der Waals surface area contributed by atoms with Crippen molar-refractivity contribution >= 4 is 10.0 Å². The van der Waals surface area contributed by atoms with E-state index in [9.17, 15) is 18.6 Å². The molecule has 1 aliphatic rings. The summed E-state index contributed by atoms with van der Waals surface area (Å²) in [6.45, 7) is 9.41. The zero-order valence-corrected chi connectivity index (χ0v) is 20.8. The Morgan fingerprint density at radius 2 is 1.81 bits per heavy atom. The van der Waals surface area contributed by atoms with Gasteiger partial charge in [-0.3, -0.25) is 0 Å². The van der Waals surface area contributed by atoms with Crippen molar-refractivity contribution in [3.8, 4) is 11.5 Å². The lowest BCUT2D eigenvalue weighted by Gasteiger charge is -2.28. The maximum atomic E-state index is 13.5. The summed E-state index contributed by atoms with van der Waals surface area (Å²) >= 11 is 0. The van der Waals surface area contributed by atoms with Crippen molar-refractivity contribution in [3.05, 3.63) is 40.5 Å². The number of aromatic hydroxyl groups is 2. The standard InChI is InChI=1S/C25H39NO5S/c1-5-6-7-11-21-18-23(27)22(13-12-20(4)10-8-9-19(2)3)24(28)25(21)32(29,30)26-14-16-31-17-15-26/h9,12,18,27-28H,5-8,10-11,13-17H2,1-4H3. The minimum absolute atomic E-state index is 0.0525. The van der Waals surface area contributed by atoms with Crippen molar-refractivity contribution in [1.29, 1.82) is 0 Å². The van der Waals surface area contributed by atoms with Crippen LogP contribution >= 0.6 is 0 Å². The molecule has 0 aromatic heterocycles. The second-order valence-electron chi connectivity index (χ2n) is 8.76. The van der Waals surface area contributed by atoms with Crippen LogP contribution in [0.25, 0.3) is 0 Å². The van der Waals surface area contributed by atoms with Crippen LogP contribution in [0, 0.1) is 0 Å². The molecule has 1 fully saturated rings. The molecule has 1 aromatic rings. The fraction of sp³-hybridized carbons (Fsp3) is 0.600. The minimum atomic E-state index is -3.90. The molecule has 180 valence electrons. The van der Waals surface area contributed by atoms with Crippen molar-refractivity contribution in [2.24, 2.45) is 0 Å². The number of allylic oxidation sites excluding steroid dienone is 4. The number of morpholine rings is 1. The number of rotatable bonds is 11. The number of hydrogen-bond acceptors (Lipinski definition) is 5. The van der Waals surface area contributed by atoms with E-state index < -0.39 is 10.0 Å². The number of nitrogens with zero attached hydrogens (tertiary/aromatic N) is 1. The molecule has 0 radical (unpaired) electrons. The zero-order valence-electron chi connectivity index (χ0n) is 20.0. The first-order valence-corrected chi connectivity index (χ1v) is 13.1. The largest absolute Gasteiger partial charge is 0.508 e. The van der Waals surface area contributed by atoms with E-state index in [0.717, 1.165) is 37.7 Å². The van der Waals surface area contributed by atoms with E-state index in [1.54, 1.807) is 0 Å². The summed E-state index contributed by atoms with van der Waals surface area (Å²) in [5.41, 5.74) is 3.14. The van der Waals surface area contributed by atoms with Gasteiger partial charge in [-0.1, -0.05) is 43.1 Å². The second kappa shape index (κ2) is 12.4. The topological polar surface area (TPSA) is 87.1 Å². The van der Waals surface area contributed by atoms with Crippen LogP contribution in [0.15, 0.2) is 34.3 Å². The number of ether oxygens (including phenoxy) is 1. The number of phenols is 2. The Morgan fingerprint density at radius 1 is 1.12 bits per heavy atom. The Bertz CT molecular complexity index is 924. The molecule has 2 N–H and O–H groups in total. The number of aryl methyl sites for hydroxylation is 1. The van der Waals surface area contributed by atoms with Crippen LogP contribution in [-0.4, -0.2) is 49.2 Å². The molecule has 1 saturated heterocycles. The maximum Gasteiger partial charge on any atom is 0.247 e. The number of sulfonamides is 1. The van der Waals surface area contributed by atoms with Crippen LogP contribution in [0.2, 0.25) is 0 Å². The normalized spacial score (nSPS) is 15.7. The van der Waals surface area contributed by atoms with E-state index in [1.165, 1.54) is 15.9 Å². The number of benzene rings is 1. The second-order valence-corrected chi connectivity index (χ2v) is 10.6. The van der Waals surface area contributed by atoms with E-state index in [2.05, 4.69) is 26.8 Å². The molecule has 0 amide bonds. The molecule has 0 spiro atoms. The fourth-order valence-corrected chi connectivity index (χ4v) is 5.60. The summed E-state index contributed by atoms with van der Waals surface area (Å²) in [6.07, 6.45) is 9.44. The quantitative estimate of drug-likeness (QED) is 0.351. The van der Waals surface area contributed by atoms with Gasteiger partial charge < -0.3 is 14.9 Å². The van der Waals surface area contributed by atoms with Crippen molar-refractivity contribution in [3.63, 3.8) is 0 Å². The molecular weight excluding hydrogens is 426 g/mol. The van der Waals surface area contributed by atoms with Gasteiger partial charge in [0.25, 0.3) is 0 Å². The van der Waals surface area contributed by atoms with Crippen LogP contribution in [0.5, 0.6) is 11.5 Å². The molecule has 0 saturated carbocycles. The average Bonchev–Trinajstić information content (AvgIpc) is 2.73. The molecule has 2 rings (SSSR count). The third kappa shape index (κ3) is 7.09. The van der Waals surface area contributed by atoms with Crippen molar-refractivity contribution in [2.75, 3.05) is 26.3 Å². The van der Waals surface area contributed by atoms with Crippen LogP contribution in [-0.2, 0) is 27.6 Å². The van der Waals surface area contributed by atoms with E-state index >= 15 is 0 Å². The van der Waals surface area contributed by atoms with E-state index in [0.29, 0.717) is 25.2 Å². The van der Waals surface area contributed by atoms with Gasteiger partial charge in [-0.15, -0.1) is 0 Å². The van der Waals surface area contributed by atoms with Gasteiger partial charge in [0, 0.05) is 18.7 Å². The summed E-state index contributed by atoms with van der Waals surface area (Å²) in [7, 11) is -3.90. The van der Waals surface area contributed by atoms with E-state index in [1.807, 2.05) is 13.0 Å². The van der Waals surface area contributed by atoms with Gasteiger partial charge in [0.2, 0.25) is 10.0 Å². The average molecular weight is 466 g/mol. The summed E-state index contributed by atoms with van der Waals surface area (Å²) in [5.74, 6) is -0.375. The SMILES string of the molecule is CCCCCc1cc(O)c(CC=C(C)CCC=C(C)C)c(O)c1S(=O)(=O)N1CCOCC1. The Balaban J connectivity index is 2.41. The fourth-order valence-electron chi connectivity index (χ4n) is 3.85. The van der Waals surface area contributed by atoms with Gasteiger partial charge in [-0.05, 0) is 64.5 Å². The van der Waals surface area contributed by atoms with Crippen molar-refractivity contribution in [2.45, 2.75) is 77.5 Å². The lowest BCUT2D eigenvalue weighted by Crippen LogP contribution is -2.41. The minimum Gasteiger partial charge on any atom is -0.508 e. The van der Waals surface area contributed by atoms with E-state index in [4.69, 9.17) is 4.74 Å². The summed E-state index contributed by atoms with van der Waals surface area (Å²) in [6, 6.07) is 1.53. The Kier molecular flexibility index (Phi) is 10.3. The third-order valence-electron chi connectivity index (χ3n) is 5.78. The molecule has 0 unspecified atom stereocenters. The molecule has 0 atom stereocenters.